The first-order chi connectivity index (χ1) is 17.0. The average Bonchev–Trinajstić information content (AvgIpc) is 3.28. The molecule has 4 rings (SSSR count). The molecule has 1 aliphatic rings. The number of ketones is 1. The molecule has 2 atom stereocenters. The van der Waals surface area contributed by atoms with Crippen LogP contribution < -0.4 is 18.9 Å². The number of aromatic nitrogens is 3. The van der Waals surface area contributed by atoms with Gasteiger partial charge in [-0.25, -0.2) is 0 Å². The summed E-state index contributed by atoms with van der Waals surface area (Å²) in [7, 11) is 1.50. The van der Waals surface area contributed by atoms with Crippen LogP contribution in [0.2, 0.25) is 0 Å². The Morgan fingerprint density at radius 2 is 2.09 bits per heavy atom. The molecule has 0 bridgehead atoms. The SMILES string of the molecule is C=CCn1c(SCC(O)COc2ccc(C(C)=O)cc2OC)nnc1C1COc2ccccc2O1. The highest BCUT2D eigenvalue weighted by atomic mass is 32.2. The first-order valence-electron chi connectivity index (χ1n) is 11.0. The van der Waals surface area contributed by atoms with Gasteiger partial charge in [-0.15, -0.1) is 16.8 Å². The van der Waals surface area contributed by atoms with E-state index in [0.29, 0.717) is 58.4 Å². The van der Waals surface area contributed by atoms with Crippen LogP contribution in [0.4, 0.5) is 0 Å². The van der Waals surface area contributed by atoms with E-state index in [4.69, 9.17) is 18.9 Å². The number of carbonyl (C=O) groups excluding carboxylic acids is 1. The summed E-state index contributed by atoms with van der Waals surface area (Å²) >= 11 is 1.36. The maximum absolute atomic E-state index is 11.6. The van der Waals surface area contributed by atoms with Crippen LogP contribution in [0.3, 0.4) is 0 Å². The lowest BCUT2D eigenvalue weighted by Gasteiger charge is -2.26. The number of hydrogen-bond donors (Lipinski definition) is 1. The highest BCUT2D eigenvalue weighted by molar-refractivity contribution is 7.99. The number of ether oxygens (including phenoxy) is 4. The Labute approximate surface area is 207 Å². The van der Waals surface area contributed by atoms with Gasteiger partial charge in [-0.2, -0.15) is 0 Å². The molecule has 0 spiro atoms. The maximum Gasteiger partial charge on any atom is 0.192 e. The van der Waals surface area contributed by atoms with Crippen LogP contribution in [0, 0.1) is 0 Å². The lowest BCUT2D eigenvalue weighted by atomic mass is 10.1. The molecule has 3 aromatic rings. The topological polar surface area (TPSA) is 105 Å². The molecule has 2 aromatic carbocycles. The third-order valence-corrected chi connectivity index (χ3v) is 6.37. The molecule has 1 aromatic heterocycles. The molecular formula is C25H27N3O6S. The summed E-state index contributed by atoms with van der Waals surface area (Å²) in [5.41, 5.74) is 0.526. The fourth-order valence-corrected chi connectivity index (χ4v) is 4.36. The number of aliphatic hydroxyl groups excluding tert-OH is 1. The standard InChI is InChI=1S/C25H27N3O6S/c1-4-11-28-24(23-14-33-19-7-5-6-8-21(19)34-23)26-27-25(28)35-15-18(30)13-32-20-10-9-17(16(2)29)12-22(20)31-3/h4-10,12,18,23,30H,1,11,13-15H2,2-3H3. The van der Waals surface area contributed by atoms with Crippen LogP contribution in [0.5, 0.6) is 23.0 Å². The Bertz CT molecular complexity index is 1200. The third kappa shape index (κ3) is 5.77. The molecule has 2 unspecified atom stereocenters. The van der Waals surface area contributed by atoms with Gasteiger partial charge >= 0.3 is 0 Å². The van der Waals surface area contributed by atoms with Crippen LogP contribution >= 0.6 is 11.8 Å². The summed E-state index contributed by atoms with van der Waals surface area (Å²) in [5.74, 6) is 3.13. The van der Waals surface area contributed by atoms with Crippen molar-refractivity contribution in [1.82, 2.24) is 14.8 Å². The molecule has 0 saturated carbocycles. The van der Waals surface area contributed by atoms with E-state index in [1.165, 1.54) is 25.8 Å². The predicted molar refractivity (Wildman–Crippen MR) is 131 cm³/mol. The third-order valence-electron chi connectivity index (χ3n) is 5.26. The molecule has 0 amide bonds. The van der Waals surface area contributed by atoms with Gasteiger partial charge in [0.25, 0.3) is 0 Å². The van der Waals surface area contributed by atoms with Gasteiger partial charge in [0.1, 0.15) is 13.2 Å². The van der Waals surface area contributed by atoms with Crippen LogP contribution in [-0.4, -0.2) is 57.8 Å². The summed E-state index contributed by atoms with van der Waals surface area (Å²) in [6.07, 6.45) is 0.562. The fraction of sp³-hybridized carbons (Fsp3) is 0.320. The Hall–Kier alpha value is -3.50. The van der Waals surface area contributed by atoms with Crippen molar-refractivity contribution < 1.29 is 28.8 Å². The summed E-state index contributed by atoms with van der Waals surface area (Å²) in [4.78, 5) is 11.6. The number of benzene rings is 2. The first kappa shape index (κ1) is 24.6. The average molecular weight is 498 g/mol. The highest BCUT2D eigenvalue weighted by Gasteiger charge is 2.28. The van der Waals surface area contributed by atoms with E-state index < -0.39 is 12.2 Å². The van der Waals surface area contributed by atoms with Gasteiger partial charge in [0, 0.05) is 17.9 Å². The molecule has 0 saturated heterocycles. The molecule has 35 heavy (non-hydrogen) atoms. The van der Waals surface area contributed by atoms with Crippen molar-refractivity contribution in [3.63, 3.8) is 0 Å². The van der Waals surface area contributed by atoms with E-state index in [1.54, 1.807) is 24.3 Å². The van der Waals surface area contributed by atoms with Gasteiger partial charge in [0.05, 0.1) is 13.2 Å². The van der Waals surface area contributed by atoms with E-state index in [-0.39, 0.29) is 12.4 Å². The van der Waals surface area contributed by atoms with Gasteiger partial charge < -0.3 is 24.1 Å². The second-order valence-electron chi connectivity index (χ2n) is 7.80. The first-order valence-corrected chi connectivity index (χ1v) is 12.0. The maximum atomic E-state index is 11.6. The second-order valence-corrected chi connectivity index (χ2v) is 8.79. The van der Waals surface area contributed by atoms with Crippen LogP contribution in [0.25, 0.3) is 0 Å². The van der Waals surface area contributed by atoms with Crippen molar-refractivity contribution in [2.24, 2.45) is 0 Å². The number of hydrogen-bond acceptors (Lipinski definition) is 9. The van der Waals surface area contributed by atoms with Gasteiger partial charge in [-0.3, -0.25) is 9.36 Å². The Morgan fingerprint density at radius 3 is 2.83 bits per heavy atom. The second kappa shape index (κ2) is 11.3. The van der Waals surface area contributed by atoms with E-state index >= 15 is 0 Å². The summed E-state index contributed by atoms with van der Waals surface area (Å²) in [6.45, 7) is 6.16. The summed E-state index contributed by atoms with van der Waals surface area (Å²) < 4.78 is 24.8. The zero-order chi connectivity index (χ0) is 24.8. The lowest BCUT2D eigenvalue weighted by Crippen LogP contribution is -2.25. The molecular weight excluding hydrogens is 470 g/mol. The highest BCUT2D eigenvalue weighted by Crippen LogP contribution is 2.36. The van der Waals surface area contributed by atoms with Crippen molar-refractivity contribution in [3.05, 3.63) is 66.5 Å². The summed E-state index contributed by atoms with van der Waals surface area (Å²) in [6, 6.07) is 12.4. The molecule has 10 heteroatoms. The van der Waals surface area contributed by atoms with E-state index in [0.717, 1.165) is 0 Å². The molecule has 0 fully saturated rings. The predicted octanol–water partition coefficient (Wildman–Crippen LogP) is 3.72. The molecule has 1 N–H and O–H groups in total. The van der Waals surface area contributed by atoms with Crippen molar-refractivity contribution in [1.29, 1.82) is 0 Å². The number of carbonyl (C=O) groups is 1. The molecule has 0 aliphatic carbocycles. The molecule has 9 nitrogen and oxygen atoms in total. The van der Waals surface area contributed by atoms with Gasteiger partial charge in [0.2, 0.25) is 0 Å². The number of Topliss-reactive ketones (excluding diaryl/α,β-unsaturated/α-hetero) is 1. The number of para-hydroxylation sites is 2. The van der Waals surface area contributed by atoms with E-state index in [1.807, 2.05) is 28.8 Å². The lowest BCUT2D eigenvalue weighted by molar-refractivity contribution is 0.0821. The van der Waals surface area contributed by atoms with Crippen molar-refractivity contribution >= 4 is 17.5 Å². The van der Waals surface area contributed by atoms with Crippen molar-refractivity contribution in [2.45, 2.75) is 30.8 Å². The van der Waals surface area contributed by atoms with Crippen molar-refractivity contribution in [2.75, 3.05) is 26.1 Å². The molecule has 2 heterocycles. The minimum absolute atomic E-state index is 0.0432. The van der Waals surface area contributed by atoms with Crippen LogP contribution in [0.15, 0.2) is 60.3 Å². The Morgan fingerprint density at radius 1 is 1.29 bits per heavy atom. The minimum Gasteiger partial charge on any atom is -0.493 e. The number of fused-ring (bicyclic) bond motifs is 1. The molecule has 184 valence electrons. The van der Waals surface area contributed by atoms with Gasteiger partial charge in [-0.1, -0.05) is 30.0 Å². The van der Waals surface area contributed by atoms with Crippen LogP contribution in [-0.2, 0) is 6.54 Å². The largest absolute Gasteiger partial charge is 0.493 e. The van der Waals surface area contributed by atoms with E-state index in [9.17, 15) is 9.90 Å². The van der Waals surface area contributed by atoms with Gasteiger partial charge in [0.15, 0.2) is 45.9 Å². The van der Waals surface area contributed by atoms with E-state index in [2.05, 4.69) is 16.8 Å². The molecule has 1 aliphatic heterocycles. The Balaban J connectivity index is 1.38. The number of allylic oxidation sites excluding steroid dienone is 1. The number of nitrogens with zero attached hydrogens (tertiary/aromatic N) is 3. The van der Waals surface area contributed by atoms with Crippen LogP contribution in [0.1, 0.15) is 29.2 Å². The Kier molecular flexibility index (Phi) is 7.94. The van der Waals surface area contributed by atoms with Gasteiger partial charge in [-0.05, 0) is 37.3 Å². The monoisotopic (exact) mass is 497 g/mol. The number of thioether (sulfide) groups is 1. The smallest absolute Gasteiger partial charge is 0.192 e. The number of aliphatic hydroxyl groups is 1. The quantitative estimate of drug-likeness (QED) is 0.241. The fourth-order valence-electron chi connectivity index (χ4n) is 3.50. The minimum atomic E-state index is -0.782. The number of methoxy groups -OCH3 is 1. The molecule has 0 radical (unpaired) electrons. The number of rotatable bonds is 11. The zero-order valence-electron chi connectivity index (χ0n) is 19.5. The zero-order valence-corrected chi connectivity index (χ0v) is 20.4. The summed E-state index contributed by atoms with van der Waals surface area (Å²) in [5, 5.41) is 19.8. The van der Waals surface area contributed by atoms with Crippen molar-refractivity contribution in [3.8, 4) is 23.0 Å². The normalized spacial score (nSPS) is 15.3.